The number of hydrogen-bond donors (Lipinski definition) is 1. The predicted molar refractivity (Wildman–Crippen MR) is 153 cm³/mol. The lowest BCUT2D eigenvalue weighted by Gasteiger charge is -2.13. The Morgan fingerprint density at radius 1 is 0.667 bits per heavy atom. The van der Waals surface area contributed by atoms with E-state index in [4.69, 9.17) is 9.84 Å². The molecule has 4 nitrogen and oxygen atoms in total. The van der Waals surface area contributed by atoms with Crippen molar-refractivity contribution in [3.63, 3.8) is 0 Å². The molecule has 0 amide bonds. The highest BCUT2D eigenvalue weighted by Crippen LogP contribution is 2.18. The molecule has 4 heteroatoms. The molecule has 36 heavy (non-hydrogen) atoms. The highest BCUT2D eigenvalue weighted by atomic mass is 16.5. The fourth-order valence-electron chi connectivity index (χ4n) is 4.87. The molecule has 0 bridgehead atoms. The smallest absolute Gasteiger partial charge is 0.309 e. The van der Waals surface area contributed by atoms with Crippen LogP contribution in [0.1, 0.15) is 167 Å². The number of rotatable bonds is 29. The molecule has 0 heterocycles. The second-order valence-electron chi connectivity index (χ2n) is 10.8. The minimum absolute atomic E-state index is 0.111. The number of carbonyl (C=O) groups is 2. The Balaban J connectivity index is 3.34. The Labute approximate surface area is 224 Å². The summed E-state index contributed by atoms with van der Waals surface area (Å²) < 4.78 is 5.15. The summed E-state index contributed by atoms with van der Waals surface area (Å²) in [5.41, 5.74) is 0. The van der Waals surface area contributed by atoms with Crippen molar-refractivity contribution in [1.82, 2.24) is 0 Å². The van der Waals surface area contributed by atoms with Gasteiger partial charge in [-0.15, -0.1) is 6.58 Å². The third-order valence-electron chi connectivity index (χ3n) is 7.16. The van der Waals surface area contributed by atoms with Gasteiger partial charge in [0.15, 0.2) is 0 Å². The average Bonchev–Trinajstić information content (AvgIpc) is 2.86. The lowest BCUT2D eigenvalue weighted by atomic mass is 9.97. The van der Waals surface area contributed by atoms with Crippen LogP contribution in [0.5, 0.6) is 0 Å². The quantitative estimate of drug-likeness (QED) is 0.0620. The molecule has 0 saturated heterocycles. The zero-order valence-electron chi connectivity index (χ0n) is 23.9. The zero-order valence-corrected chi connectivity index (χ0v) is 23.9. The molecule has 0 aromatic carbocycles. The predicted octanol–water partition coefficient (Wildman–Crippen LogP) is 10.2. The summed E-state index contributed by atoms with van der Waals surface area (Å²) in [5, 5.41) is 9.03. The van der Waals surface area contributed by atoms with E-state index in [0.717, 1.165) is 19.3 Å². The van der Waals surface area contributed by atoms with Gasteiger partial charge in [-0.1, -0.05) is 141 Å². The van der Waals surface area contributed by atoms with Gasteiger partial charge in [0.2, 0.25) is 0 Å². The van der Waals surface area contributed by atoms with Crippen molar-refractivity contribution < 1.29 is 19.4 Å². The molecule has 0 aliphatic rings. The van der Waals surface area contributed by atoms with Gasteiger partial charge in [0.05, 0.1) is 18.9 Å². The van der Waals surface area contributed by atoms with Crippen LogP contribution in [0.25, 0.3) is 0 Å². The maximum atomic E-state index is 12.0. The van der Waals surface area contributed by atoms with Crippen LogP contribution in [0.2, 0.25) is 0 Å². The van der Waals surface area contributed by atoms with Gasteiger partial charge >= 0.3 is 11.9 Å². The Hall–Kier alpha value is -1.32. The Bertz CT molecular complexity index is 502. The van der Waals surface area contributed by atoms with Crippen molar-refractivity contribution in [2.24, 2.45) is 5.92 Å². The molecule has 212 valence electrons. The van der Waals surface area contributed by atoms with E-state index in [2.05, 4.69) is 6.58 Å². The van der Waals surface area contributed by atoms with Gasteiger partial charge in [-0.2, -0.15) is 0 Å². The van der Waals surface area contributed by atoms with Gasteiger partial charge in [0.25, 0.3) is 0 Å². The molecular weight excluding hydrogens is 448 g/mol. The summed E-state index contributed by atoms with van der Waals surface area (Å²) in [6.07, 6.45) is 32.6. The average molecular weight is 509 g/mol. The second-order valence-corrected chi connectivity index (χ2v) is 10.8. The summed E-state index contributed by atoms with van der Waals surface area (Å²) in [4.78, 5) is 23.0. The molecule has 0 rings (SSSR count). The van der Waals surface area contributed by atoms with Crippen molar-refractivity contribution in [1.29, 1.82) is 0 Å². The van der Waals surface area contributed by atoms with Crippen molar-refractivity contribution in [2.75, 3.05) is 6.61 Å². The number of carbonyl (C=O) groups excluding carboxylic acids is 1. The molecule has 0 aliphatic heterocycles. The number of carboxylic acid groups (broad SMARTS) is 1. The SMILES string of the molecule is C=CCCCCCCCCCCCCCCCCCCCCCCCC(CC(=O)O)C(=O)OCCC. The molecular formula is C32H60O4. The number of hydrogen-bond acceptors (Lipinski definition) is 3. The minimum Gasteiger partial charge on any atom is -0.481 e. The number of ether oxygens (including phenoxy) is 1. The van der Waals surface area contributed by atoms with Crippen LogP contribution in [0.15, 0.2) is 12.7 Å². The van der Waals surface area contributed by atoms with E-state index in [0.29, 0.717) is 13.0 Å². The molecule has 0 spiro atoms. The highest BCUT2D eigenvalue weighted by Gasteiger charge is 2.22. The van der Waals surface area contributed by atoms with Crippen LogP contribution in [0.4, 0.5) is 0 Å². The normalized spacial score (nSPS) is 11.9. The van der Waals surface area contributed by atoms with E-state index >= 15 is 0 Å². The van der Waals surface area contributed by atoms with Crippen molar-refractivity contribution >= 4 is 11.9 Å². The van der Waals surface area contributed by atoms with Crippen LogP contribution >= 0.6 is 0 Å². The van der Waals surface area contributed by atoms with Crippen LogP contribution < -0.4 is 0 Å². The minimum atomic E-state index is -0.916. The summed E-state index contributed by atoms with van der Waals surface area (Å²) in [7, 11) is 0. The molecule has 0 aromatic rings. The fraction of sp³-hybridized carbons (Fsp3) is 0.875. The van der Waals surface area contributed by atoms with Crippen molar-refractivity contribution in [3.8, 4) is 0 Å². The third-order valence-corrected chi connectivity index (χ3v) is 7.16. The van der Waals surface area contributed by atoms with E-state index < -0.39 is 11.9 Å². The standard InChI is InChI=1S/C32H60O4/c1-3-5-6-7-8-9-10-11-12-13-14-15-16-17-18-19-20-21-22-23-24-25-26-27-30(29-31(33)34)32(35)36-28-4-2/h3,30H,1,4-29H2,2H3,(H,33,34). The van der Waals surface area contributed by atoms with Gasteiger partial charge in [-0.25, -0.2) is 0 Å². The van der Waals surface area contributed by atoms with Crippen molar-refractivity contribution in [2.45, 2.75) is 167 Å². The lowest BCUT2D eigenvalue weighted by Crippen LogP contribution is -2.21. The van der Waals surface area contributed by atoms with Crippen LogP contribution in [-0.2, 0) is 14.3 Å². The topological polar surface area (TPSA) is 63.6 Å². The molecule has 1 unspecified atom stereocenters. The van der Waals surface area contributed by atoms with E-state index in [1.165, 1.54) is 128 Å². The zero-order chi connectivity index (χ0) is 26.5. The summed E-state index contributed by atoms with van der Waals surface area (Å²) in [5.74, 6) is -1.74. The molecule has 0 fully saturated rings. The number of esters is 1. The molecule has 1 N–H and O–H groups in total. The lowest BCUT2D eigenvalue weighted by molar-refractivity contribution is -0.153. The maximum Gasteiger partial charge on any atom is 0.309 e. The van der Waals surface area contributed by atoms with Crippen LogP contribution in [-0.4, -0.2) is 23.7 Å². The third kappa shape index (κ3) is 25.8. The van der Waals surface area contributed by atoms with E-state index in [9.17, 15) is 9.59 Å². The molecule has 0 radical (unpaired) electrons. The van der Waals surface area contributed by atoms with Gasteiger partial charge in [-0.3, -0.25) is 9.59 Å². The number of carboxylic acids is 1. The fourth-order valence-corrected chi connectivity index (χ4v) is 4.87. The summed E-state index contributed by atoms with van der Waals surface area (Å²) in [6, 6.07) is 0. The monoisotopic (exact) mass is 508 g/mol. The summed E-state index contributed by atoms with van der Waals surface area (Å²) in [6.45, 7) is 6.11. The number of unbranched alkanes of at least 4 members (excludes halogenated alkanes) is 21. The van der Waals surface area contributed by atoms with Gasteiger partial charge in [0.1, 0.15) is 0 Å². The molecule has 0 aliphatic carbocycles. The Morgan fingerprint density at radius 2 is 1.03 bits per heavy atom. The van der Waals surface area contributed by atoms with E-state index in [1.54, 1.807) is 0 Å². The summed E-state index contributed by atoms with van der Waals surface area (Å²) >= 11 is 0. The van der Waals surface area contributed by atoms with Gasteiger partial charge < -0.3 is 9.84 Å². The van der Waals surface area contributed by atoms with Crippen LogP contribution in [0.3, 0.4) is 0 Å². The molecule has 0 aromatic heterocycles. The van der Waals surface area contributed by atoms with Crippen molar-refractivity contribution in [3.05, 3.63) is 12.7 Å². The number of aliphatic carboxylic acids is 1. The largest absolute Gasteiger partial charge is 0.481 e. The maximum absolute atomic E-state index is 12.0. The first-order chi connectivity index (χ1) is 17.6. The first kappa shape index (κ1) is 34.7. The van der Waals surface area contributed by atoms with Gasteiger partial charge in [0, 0.05) is 0 Å². The van der Waals surface area contributed by atoms with E-state index in [-0.39, 0.29) is 12.4 Å². The van der Waals surface area contributed by atoms with E-state index in [1.807, 2.05) is 13.0 Å². The first-order valence-corrected chi connectivity index (χ1v) is 15.6. The highest BCUT2D eigenvalue weighted by molar-refractivity contribution is 5.79. The first-order valence-electron chi connectivity index (χ1n) is 15.6. The van der Waals surface area contributed by atoms with Gasteiger partial charge in [-0.05, 0) is 25.7 Å². The second kappa shape index (κ2) is 28.3. The van der Waals surface area contributed by atoms with Crippen LogP contribution in [0, 0.1) is 5.92 Å². The molecule has 1 atom stereocenters. The number of allylic oxidation sites excluding steroid dienone is 1. The molecule has 0 saturated carbocycles. The Kier molecular flexibility index (Phi) is 27.2. The Morgan fingerprint density at radius 3 is 1.36 bits per heavy atom.